The van der Waals surface area contributed by atoms with Gasteiger partial charge >= 0.3 is 0 Å². The summed E-state index contributed by atoms with van der Waals surface area (Å²) in [4.78, 5) is 31.6. The predicted octanol–water partition coefficient (Wildman–Crippen LogP) is 6.23. The number of fused-ring (bicyclic) bond motifs is 1. The van der Waals surface area contributed by atoms with Crippen molar-refractivity contribution < 1.29 is 18.7 Å². The molecule has 0 saturated heterocycles. The lowest BCUT2D eigenvalue weighted by Crippen LogP contribution is -2.48. The molecule has 4 rings (SSSR count). The van der Waals surface area contributed by atoms with Crippen LogP contribution in [0.25, 0.3) is 0 Å². The Hall–Kier alpha value is -2.90. The second-order valence-electron chi connectivity index (χ2n) is 9.13. The Labute approximate surface area is 220 Å². The Kier molecular flexibility index (Phi) is 8.64. The predicted molar refractivity (Wildman–Crippen MR) is 141 cm³/mol. The first-order valence-corrected chi connectivity index (χ1v) is 13.4. The molecule has 5 nitrogen and oxygen atoms in total. The second kappa shape index (κ2) is 11.9. The quantitative estimate of drug-likeness (QED) is 0.330. The molecular weight excluding hydrogens is 499 g/mol. The van der Waals surface area contributed by atoms with Gasteiger partial charge in [-0.2, -0.15) is 0 Å². The van der Waals surface area contributed by atoms with E-state index in [1.54, 1.807) is 46.6 Å². The lowest BCUT2D eigenvalue weighted by atomic mass is 10.00. The van der Waals surface area contributed by atoms with Gasteiger partial charge in [-0.15, -0.1) is 11.3 Å². The number of hydrogen-bond donors (Lipinski definition) is 0. The van der Waals surface area contributed by atoms with Crippen molar-refractivity contribution in [2.75, 3.05) is 26.2 Å². The zero-order valence-electron chi connectivity index (χ0n) is 20.5. The van der Waals surface area contributed by atoms with Crippen LogP contribution < -0.4 is 4.74 Å². The van der Waals surface area contributed by atoms with E-state index in [1.807, 2.05) is 30.2 Å². The SMILES string of the molecule is CCC(C)CN(CC(=O)N1CCc2sccc2C1COc1ccc(Cl)cc1)C(=O)c1cccc(F)c1. The molecule has 0 saturated carbocycles. The van der Waals surface area contributed by atoms with E-state index in [-0.39, 0.29) is 35.9 Å². The van der Waals surface area contributed by atoms with Crippen LogP contribution in [0.4, 0.5) is 4.39 Å². The highest BCUT2D eigenvalue weighted by Crippen LogP contribution is 2.34. The monoisotopic (exact) mass is 528 g/mol. The van der Waals surface area contributed by atoms with E-state index in [9.17, 15) is 14.0 Å². The molecule has 8 heteroatoms. The molecule has 2 unspecified atom stereocenters. The normalized spacial score (nSPS) is 15.8. The van der Waals surface area contributed by atoms with E-state index in [2.05, 4.69) is 0 Å². The zero-order chi connectivity index (χ0) is 25.7. The number of hydrogen-bond acceptors (Lipinski definition) is 4. The minimum absolute atomic E-state index is 0.0728. The van der Waals surface area contributed by atoms with Crippen molar-refractivity contribution in [2.45, 2.75) is 32.7 Å². The van der Waals surface area contributed by atoms with Gasteiger partial charge in [0.1, 0.15) is 24.7 Å². The molecule has 1 aliphatic heterocycles. The Bertz CT molecular complexity index is 1200. The van der Waals surface area contributed by atoms with Gasteiger partial charge in [0.25, 0.3) is 5.91 Å². The van der Waals surface area contributed by atoms with Crippen LogP contribution in [-0.4, -0.2) is 47.9 Å². The minimum Gasteiger partial charge on any atom is -0.491 e. The highest BCUT2D eigenvalue weighted by molar-refractivity contribution is 7.10. The lowest BCUT2D eigenvalue weighted by Gasteiger charge is -2.37. The first-order valence-electron chi connectivity index (χ1n) is 12.1. The van der Waals surface area contributed by atoms with Gasteiger partial charge in [-0.1, -0.05) is 37.9 Å². The number of ether oxygens (including phenoxy) is 1. The van der Waals surface area contributed by atoms with Crippen molar-refractivity contribution in [3.63, 3.8) is 0 Å². The Balaban J connectivity index is 1.54. The molecule has 0 radical (unpaired) electrons. The number of amides is 2. The van der Waals surface area contributed by atoms with Gasteiger partial charge in [-0.3, -0.25) is 9.59 Å². The van der Waals surface area contributed by atoms with Crippen LogP contribution in [0.3, 0.4) is 0 Å². The van der Waals surface area contributed by atoms with Crippen molar-refractivity contribution in [2.24, 2.45) is 5.92 Å². The summed E-state index contributed by atoms with van der Waals surface area (Å²) in [6.07, 6.45) is 1.63. The zero-order valence-corrected chi connectivity index (χ0v) is 22.0. The summed E-state index contributed by atoms with van der Waals surface area (Å²) >= 11 is 7.68. The summed E-state index contributed by atoms with van der Waals surface area (Å²) in [5.41, 5.74) is 1.32. The highest BCUT2D eigenvalue weighted by atomic mass is 35.5. The molecule has 36 heavy (non-hydrogen) atoms. The molecule has 2 aromatic carbocycles. The van der Waals surface area contributed by atoms with E-state index in [1.165, 1.54) is 23.1 Å². The molecule has 0 spiro atoms. The van der Waals surface area contributed by atoms with E-state index in [0.717, 1.165) is 18.4 Å². The Morgan fingerprint density at radius 1 is 1.22 bits per heavy atom. The molecule has 2 heterocycles. The van der Waals surface area contributed by atoms with Crippen molar-refractivity contribution in [3.05, 3.63) is 86.8 Å². The van der Waals surface area contributed by atoms with Crippen LogP contribution in [0.2, 0.25) is 5.02 Å². The highest BCUT2D eigenvalue weighted by Gasteiger charge is 2.34. The topological polar surface area (TPSA) is 49.9 Å². The average molecular weight is 529 g/mol. The van der Waals surface area contributed by atoms with Crippen molar-refractivity contribution >= 4 is 34.8 Å². The molecule has 1 aromatic heterocycles. The third-order valence-corrected chi connectivity index (χ3v) is 7.80. The minimum atomic E-state index is -0.476. The lowest BCUT2D eigenvalue weighted by molar-refractivity contribution is -0.135. The molecule has 3 aromatic rings. The Morgan fingerprint density at radius 2 is 2.00 bits per heavy atom. The first kappa shape index (κ1) is 26.2. The van der Waals surface area contributed by atoms with Gasteiger partial charge < -0.3 is 14.5 Å². The third kappa shape index (κ3) is 6.26. The van der Waals surface area contributed by atoms with Crippen LogP contribution in [0.15, 0.2) is 60.0 Å². The van der Waals surface area contributed by atoms with Crippen LogP contribution >= 0.6 is 22.9 Å². The molecule has 190 valence electrons. The van der Waals surface area contributed by atoms with Crippen LogP contribution in [-0.2, 0) is 11.2 Å². The number of thiophene rings is 1. The van der Waals surface area contributed by atoms with Gasteiger partial charge in [0, 0.05) is 28.6 Å². The number of halogens is 2. The van der Waals surface area contributed by atoms with E-state index >= 15 is 0 Å². The standard InChI is InChI=1S/C28H30ClFN2O3S/c1-3-19(2)16-31(28(34)20-5-4-6-22(30)15-20)17-27(33)32-13-11-26-24(12-14-36-26)25(32)18-35-23-9-7-21(29)8-10-23/h4-10,12,14-15,19,25H,3,11,13,16-18H2,1-2H3. The van der Waals surface area contributed by atoms with Crippen molar-refractivity contribution in [1.29, 1.82) is 0 Å². The first-order chi connectivity index (χ1) is 17.4. The summed E-state index contributed by atoms with van der Waals surface area (Å²) in [6.45, 7) is 5.27. The number of nitrogens with zero attached hydrogens (tertiary/aromatic N) is 2. The van der Waals surface area contributed by atoms with Gasteiger partial charge in [0.15, 0.2) is 0 Å². The fourth-order valence-electron chi connectivity index (χ4n) is 4.36. The number of carbonyl (C=O) groups excluding carboxylic acids is 2. The van der Waals surface area contributed by atoms with E-state index in [0.29, 0.717) is 30.5 Å². The molecule has 0 aliphatic carbocycles. The van der Waals surface area contributed by atoms with Crippen LogP contribution in [0, 0.1) is 11.7 Å². The maximum Gasteiger partial charge on any atom is 0.254 e. The van der Waals surface area contributed by atoms with Crippen LogP contribution in [0.5, 0.6) is 5.75 Å². The van der Waals surface area contributed by atoms with Crippen molar-refractivity contribution in [1.82, 2.24) is 9.80 Å². The molecule has 0 N–H and O–H groups in total. The fraction of sp³-hybridized carbons (Fsp3) is 0.357. The van der Waals surface area contributed by atoms with Crippen molar-refractivity contribution in [3.8, 4) is 5.75 Å². The number of carbonyl (C=O) groups is 2. The Morgan fingerprint density at radius 3 is 2.72 bits per heavy atom. The summed E-state index contributed by atoms with van der Waals surface area (Å²) in [5, 5.41) is 2.66. The number of rotatable bonds is 9. The summed E-state index contributed by atoms with van der Waals surface area (Å²) in [6, 6.07) is 14.5. The molecule has 0 fully saturated rings. The molecule has 0 bridgehead atoms. The summed E-state index contributed by atoms with van der Waals surface area (Å²) in [7, 11) is 0. The van der Waals surface area contributed by atoms with Gasteiger partial charge in [-0.25, -0.2) is 4.39 Å². The van der Waals surface area contributed by atoms with Crippen LogP contribution in [0.1, 0.15) is 47.1 Å². The fourth-order valence-corrected chi connectivity index (χ4v) is 5.42. The summed E-state index contributed by atoms with van der Waals surface area (Å²) < 4.78 is 19.9. The number of benzene rings is 2. The maximum atomic E-state index is 13.8. The van der Waals surface area contributed by atoms with Gasteiger partial charge in [0.2, 0.25) is 5.91 Å². The third-order valence-electron chi connectivity index (χ3n) is 6.55. The summed E-state index contributed by atoms with van der Waals surface area (Å²) in [5.74, 6) is -0.0935. The smallest absolute Gasteiger partial charge is 0.254 e. The molecule has 2 amide bonds. The molecule has 2 atom stereocenters. The molecule has 1 aliphatic rings. The molecular formula is C28H30ClFN2O3S. The van der Waals surface area contributed by atoms with Gasteiger partial charge in [0.05, 0.1) is 6.04 Å². The largest absolute Gasteiger partial charge is 0.491 e. The average Bonchev–Trinajstić information content (AvgIpc) is 3.36. The maximum absolute atomic E-state index is 13.8. The van der Waals surface area contributed by atoms with E-state index < -0.39 is 5.82 Å². The second-order valence-corrected chi connectivity index (χ2v) is 10.6. The van der Waals surface area contributed by atoms with E-state index in [4.69, 9.17) is 16.3 Å². The van der Waals surface area contributed by atoms with Gasteiger partial charge in [-0.05, 0) is 71.8 Å².